The minimum absolute atomic E-state index is 0.0411. The third-order valence-corrected chi connectivity index (χ3v) is 4.84. The molecule has 4 heteroatoms. The molecule has 3 rings (SSSR count). The molecule has 0 saturated carbocycles. The number of rotatable bonds is 3. The second-order valence-electron chi connectivity index (χ2n) is 5.59. The van der Waals surface area contributed by atoms with Crippen molar-refractivity contribution >= 4 is 37.5 Å². The summed E-state index contributed by atoms with van der Waals surface area (Å²) >= 11 is 1.57. The van der Waals surface area contributed by atoms with Gasteiger partial charge in [-0.15, -0.1) is 11.3 Å². The third kappa shape index (κ3) is 2.78. The van der Waals surface area contributed by atoms with Crippen LogP contribution in [0.25, 0.3) is 20.2 Å². The summed E-state index contributed by atoms with van der Waals surface area (Å²) in [7, 11) is 0. The highest BCUT2D eigenvalue weighted by Gasteiger charge is 2.15. The summed E-state index contributed by atoms with van der Waals surface area (Å²) in [5.74, 6) is 0.0703. The molecule has 116 valence electrons. The molecule has 0 spiro atoms. The average Bonchev–Trinajstić information content (AvgIpc) is 2.55. The van der Waals surface area contributed by atoms with Crippen LogP contribution in [0.2, 0.25) is 0 Å². The maximum atomic E-state index is 12.7. The van der Waals surface area contributed by atoms with Crippen LogP contribution in [0.1, 0.15) is 25.3 Å². The minimum Gasteiger partial charge on any atom is -0.423 e. The van der Waals surface area contributed by atoms with Crippen molar-refractivity contribution in [3.8, 4) is 5.75 Å². The zero-order valence-corrected chi connectivity index (χ0v) is 13.8. The number of esters is 1. The van der Waals surface area contributed by atoms with E-state index < -0.39 is 5.97 Å². The van der Waals surface area contributed by atoms with Crippen molar-refractivity contribution in [2.45, 2.75) is 19.8 Å². The van der Waals surface area contributed by atoms with Crippen LogP contribution < -0.4 is 10.2 Å². The molecule has 0 aliphatic heterocycles. The Labute approximate surface area is 137 Å². The second-order valence-corrected chi connectivity index (χ2v) is 6.68. The molecule has 0 saturated heterocycles. The van der Waals surface area contributed by atoms with Crippen LogP contribution in [0, 0.1) is 0 Å². The molecular weight excluding hydrogens is 308 g/mol. The van der Waals surface area contributed by atoms with Gasteiger partial charge in [-0.1, -0.05) is 32.6 Å². The van der Waals surface area contributed by atoms with Gasteiger partial charge in [0.25, 0.3) is 0 Å². The van der Waals surface area contributed by atoms with Gasteiger partial charge >= 0.3 is 5.97 Å². The highest BCUT2D eigenvalue weighted by atomic mass is 32.1. The van der Waals surface area contributed by atoms with Crippen molar-refractivity contribution in [1.29, 1.82) is 0 Å². The van der Waals surface area contributed by atoms with Crippen LogP contribution in [-0.2, 0) is 4.79 Å². The SMILES string of the molecule is C=CC(=O)Oc1cc2c(=O)c3ccccc3sc2cc1C(C)C. The van der Waals surface area contributed by atoms with E-state index in [1.54, 1.807) is 17.4 Å². The predicted octanol–water partition coefficient (Wildman–Crippen LogP) is 4.63. The molecule has 3 nitrogen and oxygen atoms in total. The van der Waals surface area contributed by atoms with Gasteiger partial charge in [0.15, 0.2) is 5.43 Å². The van der Waals surface area contributed by atoms with E-state index in [0.717, 1.165) is 21.0 Å². The first-order valence-corrected chi connectivity index (χ1v) is 8.16. The van der Waals surface area contributed by atoms with Crippen molar-refractivity contribution in [3.63, 3.8) is 0 Å². The maximum Gasteiger partial charge on any atom is 0.335 e. The van der Waals surface area contributed by atoms with Crippen LogP contribution in [0.4, 0.5) is 0 Å². The summed E-state index contributed by atoms with van der Waals surface area (Å²) < 4.78 is 7.19. The third-order valence-electron chi connectivity index (χ3n) is 3.71. The molecule has 0 unspecified atom stereocenters. The number of carbonyl (C=O) groups excluding carboxylic acids is 1. The highest BCUT2D eigenvalue weighted by Crippen LogP contribution is 2.34. The lowest BCUT2D eigenvalue weighted by Crippen LogP contribution is -2.08. The molecule has 23 heavy (non-hydrogen) atoms. The zero-order valence-electron chi connectivity index (χ0n) is 13.0. The van der Waals surface area contributed by atoms with Gasteiger partial charge in [0.05, 0.1) is 0 Å². The number of hydrogen-bond donors (Lipinski definition) is 0. The smallest absolute Gasteiger partial charge is 0.335 e. The molecule has 3 aromatic rings. The van der Waals surface area contributed by atoms with Crippen molar-refractivity contribution in [3.05, 3.63) is 64.8 Å². The lowest BCUT2D eigenvalue weighted by molar-refractivity contribution is -0.129. The van der Waals surface area contributed by atoms with Crippen molar-refractivity contribution in [2.24, 2.45) is 0 Å². The summed E-state index contributed by atoms with van der Waals surface area (Å²) in [5, 5.41) is 1.26. The Balaban J connectivity index is 2.35. The predicted molar refractivity (Wildman–Crippen MR) is 95.5 cm³/mol. The molecule has 0 amide bonds. The van der Waals surface area contributed by atoms with Gasteiger partial charge in [0, 0.05) is 26.2 Å². The van der Waals surface area contributed by atoms with E-state index in [4.69, 9.17) is 4.74 Å². The van der Waals surface area contributed by atoms with Crippen LogP contribution in [-0.4, -0.2) is 5.97 Å². The fourth-order valence-electron chi connectivity index (χ4n) is 2.53. The normalized spacial score (nSPS) is 11.1. The molecular formula is C19H16O3S. The summed E-state index contributed by atoms with van der Waals surface area (Å²) in [6, 6.07) is 11.2. The Morgan fingerprint density at radius 1 is 1.17 bits per heavy atom. The molecule has 2 aromatic carbocycles. The Hall–Kier alpha value is -2.46. The van der Waals surface area contributed by atoms with Crippen LogP contribution in [0.3, 0.4) is 0 Å². The highest BCUT2D eigenvalue weighted by molar-refractivity contribution is 7.24. The summed E-state index contributed by atoms with van der Waals surface area (Å²) in [6.45, 7) is 7.47. The van der Waals surface area contributed by atoms with Gasteiger partial charge < -0.3 is 4.74 Å². The fourth-order valence-corrected chi connectivity index (χ4v) is 3.64. The molecule has 0 bridgehead atoms. The maximum absolute atomic E-state index is 12.7. The fraction of sp³-hybridized carbons (Fsp3) is 0.158. The Kier molecular flexibility index (Phi) is 4.01. The molecule has 1 aromatic heterocycles. The summed E-state index contributed by atoms with van der Waals surface area (Å²) in [5.41, 5.74) is 0.860. The van der Waals surface area contributed by atoms with Gasteiger partial charge in [0.1, 0.15) is 5.75 Å². The molecule has 0 aliphatic rings. The van der Waals surface area contributed by atoms with E-state index >= 15 is 0 Å². The monoisotopic (exact) mass is 324 g/mol. The quantitative estimate of drug-likeness (QED) is 0.305. The Bertz CT molecular complexity index is 983. The van der Waals surface area contributed by atoms with Crippen LogP contribution in [0.15, 0.2) is 53.8 Å². The molecule has 0 radical (unpaired) electrons. The van der Waals surface area contributed by atoms with Gasteiger partial charge in [-0.05, 0) is 35.7 Å². The van der Waals surface area contributed by atoms with E-state index in [2.05, 4.69) is 6.58 Å². The number of hydrogen-bond acceptors (Lipinski definition) is 4. The molecule has 0 atom stereocenters. The van der Waals surface area contributed by atoms with Crippen molar-refractivity contribution in [2.75, 3.05) is 0 Å². The van der Waals surface area contributed by atoms with E-state index in [1.807, 2.05) is 44.2 Å². The van der Waals surface area contributed by atoms with E-state index in [9.17, 15) is 9.59 Å². The van der Waals surface area contributed by atoms with Gasteiger partial charge in [-0.3, -0.25) is 4.79 Å². The molecule has 1 heterocycles. The van der Waals surface area contributed by atoms with E-state index in [1.165, 1.54) is 0 Å². The van der Waals surface area contributed by atoms with Crippen molar-refractivity contribution in [1.82, 2.24) is 0 Å². The number of benzene rings is 2. The van der Waals surface area contributed by atoms with Gasteiger partial charge in [0.2, 0.25) is 0 Å². The first-order chi connectivity index (χ1) is 11.0. The lowest BCUT2D eigenvalue weighted by atomic mass is 10.0. The minimum atomic E-state index is -0.525. The summed E-state index contributed by atoms with van der Waals surface area (Å²) in [6.07, 6.45) is 1.12. The topological polar surface area (TPSA) is 43.4 Å². The Morgan fingerprint density at radius 3 is 2.61 bits per heavy atom. The zero-order chi connectivity index (χ0) is 16.6. The number of fused-ring (bicyclic) bond motifs is 2. The van der Waals surface area contributed by atoms with Gasteiger partial charge in [-0.2, -0.15) is 0 Å². The molecule has 0 aliphatic carbocycles. The Morgan fingerprint density at radius 2 is 1.91 bits per heavy atom. The van der Waals surface area contributed by atoms with E-state index in [0.29, 0.717) is 16.5 Å². The molecule has 0 N–H and O–H groups in total. The largest absolute Gasteiger partial charge is 0.423 e. The number of carbonyl (C=O) groups is 1. The first-order valence-electron chi connectivity index (χ1n) is 7.35. The average molecular weight is 324 g/mol. The first kappa shape index (κ1) is 15.4. The van der Waals surface area contributed by atoms with Crippen molar-refractivity contribution < 1.29 is 9.53 Å². The molecule has 0 fully saturated rings. The van der Waals surface area contributed by atoms with Crippen LogP contribution >= 0.6 is 11.3 Å². The standard InChI is InChI=1S/C19H16O3S/c1-4-18(20)22-15-9-14-17(10-13(15)11(2)3)23-16-8-6-5-7-12(16)19(14)21/h4-11H,1H2,2-3H3. The second kappa shape index (κ2) is 5.97. The van der Waals surface area contributed by atoms with Crippen LogP contribution in [0.5, 0.6) is 5.75 Å². The lowest BCUT2D eigenvalue weighted by Gasteiger charge is -2.13. The number of ether oxygens (including phenoxy) is 1. The van der Waals surface area contributed by atoms with Gasteiger partial charge in [-0.25, -0.2) is 4.79 Å². The van der Waals surface area contributed by atoms with E-state index in [-0.39, 0.29) is 11.3 Å². The summed E-state index contributed by atoms with van der Waals surface area (Å²) in [4.78, 5) is 24.3.